The van der Waals surface area contributed by atoms with Crippen molar-refractivity contribution in [2.75, 3.05) is 6.54 Å². The second-order valence-electron chi connectivity index (χ2n) is 3.97. The third kappa shape index (κ3) is 1.02. The van der Waals surface area contributed by atoms with Crippen molar-refractivity contribution < 1.29 is 4.79 Å². The van der Waals surface area contributed by atoms with Crippen LogP contribution in [0.15, 0.2) is 12.1 Å². The first kappa shape index (κ1) is 9.33. The van der Waals surface area contributed by atoms with E-state index < -0.39 is 0 Å². The van der Waals surface area contributed by atoms with E-state index in [9.17, 15) is 4.79 Å². The van der Waals surface area contributed by atoms with Crippen LogP contribution in [-0.4, -0.2) is 31.9 Å². The largest absolute Gasteiger partial charge is 0.333 e. The fourth-order valence-corrected chi connectivity index (χ4v) is 2.20. The minimum Gasteiger partial charge on any atom is -0.333 e. The lowest BCUT2D eigenvalue weighted by Gasteiger charge is -2.10. The molecule has 3 rings (SSSR count). The van der Waals surface area contributed by atoms with Crippen molar-refractivity contribution in [2.45, 2.75) is 20.4 Å². The number of carbonyl (C=O) groups is 1. The van der Waals surface area contributed by atoms with Crippen LogP contribution in [0.25, 0.3) is 5.65 Å². The molecule has 2 aromatic heterocycles. The molecular formula is C11H12N4O. The summed E-state index contributed by atoms with van der Waals surface area (Å²) < 4.78 is 1.84. The van der Waals surface area contributed by atoms with Gasteiger partial charge in [0.25, 0.3) is 5.91 Å². The van der Waals surface area contributed by atoms with Crippen molar-refractivity contribution in [2.24, 2.45) is 0 Å². The molecule has 0 fully saturated rings. The predicted octanol–water partition coefficient (Wildman–Crippen LogP) is 1.01. The molecule has 3 heterocycles. The van der Waals surface area contributed by atoms with Crippen LogP contribution in [0.1, 0.15) is 28.8 Å². The van der Waals surface area contributed by atoms with Crippen LogP contribution >= 0.6 is 0 Å². The van der Waals surface area contributed by atoms with Crippen LogP contribution < -0.4 is 0 Å². The number of amides is 1. The van der Waals surface area contributed by atoms with Gasteiger partial charge in [0, 0.05) is 18.7 Å². The monoisotopic (exact) mass is 216 g/mol. The maximum absolute atomic E-state index is 12.1. The van der Waals surface area contributed by atoms with Crippen LogP contribution in [0.5, 0.6) is 0 Å². The normalized spacial score (nSPS) is 14.9. The summed E-state index contributed by atoms with van der Waals surface area (Å²) in [6.45, 7) is 5.27. The quantitative estimate of drug-likeness (QED) is 0.715. The standard InChI is InChI=1S/C11H12N4O/c1-3-14-6-8-4-5-9-13-12-7(2)15(9)10(8)11(14)16/h4-5H,3,6H2,1-2H3. The second-order valence-corrected chi connectivity index (χ2v) is 3.97. The predicted molar refractivity (Wildman–Crippen MR) is 58.1 cm³/mol. The van der Waals surface area contributed by atoms with Gasteiger partial charge >= 0.3 is 0 Å². The lowest BCUT2D eigenvalue weighted by atomic mass is 10.2. The number of hydrogen-bond acceptors (Lipinski definition) is 3. The van der Waals surface area contributed by atoms with Crippen molar-refractivity contribution >= 4 is 11.6 Å². The third-order valence-corrected chi connectivity index (χ3v) is 3.04. The molecule has 0 bridgehead atoms. The van der Waals surface area contributed by atoms with Crippen LogP contribution in [0.3, 0.4) is 0 Å². The van der Waals surface area contributed by atoms with Crippen LogP contribution in [-0.2, 0) is 6.54 Å². The second kappa shape index (κ2) is 3.04. The maximum atomic E-state index is 12.1. The van der Waals surface area contributed by atoms with E-state index in [1.54, 1.807) is 0 Å². The number of aromatic nitrogens is 3. The minimum absolute atomic E-state index is 0.0750. The van der Waals surface area contributed by atoms with Crippen molar-refractivity contribution in [3.63, 3.8) is 0 Å². The zero-order valence-corrected chi connectivity index (χ0v) is 9.27. The smallest absolute Gasteiger partial charge is 0.271 e. The number of rotatable bonds is 1. The molecule has 2 aromatic rings. The molecular weight excluding hydrogens is 204 g/mol. The number of aryl methyl sites for hydroxylation is 1. The minimum atomic E-state index is 0.0750. The van der Waals surface area contributed by atoms with Crippen LogP contribution in [0.4, 0.5) is 0 Å². The summed E-state index contributed by atoms with van der Waals surface area (Å²) in [5.74, 6) is 0.837. The lowest BCUT2D eigenvalue weighted by Crippen LogP contribution is -2.24. The third-order valence-electron chi connectivity index (χ3n) is 3.04. The van der Waals surface area contributed by atoms with E-state index in [0.717, 1.165) is 29.3 Å². The molecule has 0 aromatic carbocycles. The Kier molecular flexibility index (Phi) is 1.77. The van der Waals surface area contributed by atoms with Gasteiger partial charge in [0.1, 0.15) is 11.5 Å². The van der Waals surface area contributed by atoms with Gasteiger partial charge in [0.05, 0.1) is 0 Å². The highest BCUT2D eigenvalue weighted by Crippen LogP contribution is 2.23. The van der Waals surface area contributed by atoms with E-state index in [-0.39, 0.29) is 5.91 Å². The van der Waals surface area contributed by atoms with Gasteiger partial charge in [-0.1, -0.05) is 6.07 Å². The number of nitrogens with zero attached hydrogens (tertiary/aromatic N) is 4. The fraction of sp³-hybridized carbons (Fsp3) is 0.364. The highest BCUT2D eigenvalue weighted by atomic mass is 16.2. The number of pyridine rings is 1. The first-order valence-corrected chi connectivity index (χ1v) is 5.35. The first-order valence-electron chi connectivity index (χ1n) is 5.35. The molecule has 5 heteroatoms. The molecule has 0 aliphatic carbocycles. The van der Waals surface area contributed by atoms with Crippen LogP contribution in [0, 0.1) is 6.92 Å². The Morgan fingerprint density at radius 1 is 1.38 bits per heavy atom. The van der Waals surface area contributed by atoms with Gasteiger partial charge in [-0.05, 0) is 19.9 Å². The summed E-state index contributed by atoms with van der Waals surface area (Å²) in [5.41, 5.74) is 2.52. The maximum Gasteiger partial charge on any atom is 0.271 e. The van der Waals surface area contributed by atoms with Crippen molar-refractivity contribution in [3.8, 4) is 0 Å². The molecule has 0 unspecified atom stereocenters. The van der Waals surface area contributed by atoms with E-state index in [2.05, 4.69) is 10.2 Å². The molecule has 0 radical (unpaired) electrons. The summed E-state index contributed by atoms with van der Waals surface area (Å²) in [7, 11) is 0. The molecule has 82 valence electrons. The summed E-state index contributed by atoms with van der Waals surface area (Å²) >= 11 is 0. The number of hydrogen-bond donors (Lipinski definition) is 0. The Hall–Kier alpha value is -1.91. The summed E-state index contributed by atoms with van der Waals surface area (Å²) in [5, 5.41) is 8.02. The number of fused-ring (bicyclic) bond motifs is 3. The fourth-order valence-electron chi connectivity index (χ4n) is 2.20. The van der Waals surface area contributed by atoms with Gasteiger partial charge in [0.15, 0.2) is 5.65 Å². The summed E-state index contributed by atoms with van der Waals surface area (Å²) in [6.07, 6.45) is 0. The topological polar surface area (TPSA) is 50.5 Å². The zero-order chi connectivity index (χ0) is 11.3. The van der Waals surface area contributed by atoms with Crippen molar-refractivity contribution in [3.05, 3.63) is 29.2 Å². The van der Waals surface area contributed by atoms with E-state index in [1.165, 1.54) is 0 Å². The van der Waals surface area contributed by atoms with Crippen LogP contribution in [0.2, 0.25) is 0 Å². The molecule has 0 atom stereocenters. The number of carbonyl (C=O) groups excluding carboxylic acids is 1. The zero-order valence-electron chi connectivity index (χ0n) is 9.27. The Morgan fingerprint density at radius 3 is 2.94 bits per heavy atom. The Bertz CT molecular complexity index is 587. The Morgan fingerprint density at radius 2 is 2.19 bits per heavy atom. The summed E-state index contributed by atoms with van der Waals surface area (Å²) in [6, 6.07) is 3.87. The molecule has 0 saturated heterocycles. The van der Waals surface area contributed by atoms with Gasteiger partial charge in [-0.2, -0.15) is 0 Å². The highest BCUT2D eigenvalue weighted by Gasteiger charge is 2.29. The molecule has 0 saturated carbocycles. The Balaban J connectivity index is 2.33. The van der Waals surface area contributed by atoms with E-state index >= 15 is 0 Å². The lowest BCUT2D eigenvalue weighted by molar-refractivity contribution is 0.0781. The average molecular weight is 216 g/mol. The molecule has 16 heavy (non-hydrogen) atoms. The van der Waals surface area contributed by atoms with E-state index in [1.807, 2.05) is 35.3 Å². The van der Waals surface area contributed by atoms with Gasteiger partial charge in [-0.25, -0.2) is 0 Å². The first-order chi connectivity index (χ1) is 7.72. The van der Waals surface area contributed by atoms with Gasteiger partial charge < -0.3 is 4.90 Å². The average Bonchev–Trinajstić information content (AvgIpc) is 2.81. The van der Waals surface area contributed by atoms with Crippen molar-refractivity contribution in [1.82, 2.24) is 19.5 Å². The van der Waals surface area contributed by atoms with Gasteiger partial charge in [0.2, 0.25) is 0 Å². The molecule has 1 aliphatic heterocycles. The molecule has 0 spiro atoms. The molecule has 0 N–H and O–H groups in total. The van der Waals surface area contributed by atoms with Crippen molar-refractivity contribution in [1.29, 1.82) is 0 Å². The molecule has 1 amide bonds. The Labute approximate surface area is 92.7 Å². The highest BCUT2D eigenvalue weighted by molar-refractivity contribution is 5.97. The van der Waals surface area contributed by atoms with Gasteiger partial charge in [-0.3, -0.25) is 9.20 Å². The van der Waals surface area contributed by atoms with E-state index in [4.69, 9.17) is 0 Å². The SMILES string of the molecule is CCN1Cc2ccc3nnc(C)n3c2C1=O. The molecule has 5 nitrogen and oxygen atoms in total. The van der Waals surface area contributed by atoms with Gasteiger partial charge in [-0.15, -0.1) is 10.2 Å². The summed E-state index contributed by atoms with van der Waals surface area (Å²) in [4.78, 5) is 14.0. The molecule has 1 aliphatic rings. The van der Waals surface area contributed by atoms with E-state index in [0.29, 0.717) is 6.54 Å².